The van der Waals surface area contributed by atoms with E-state index in [4.69, 9.17) is 5.26 Å². The van der Waals surface area contributed by atoms with Gasteiger partial charge in [0.2, 0.25) is 5.91 Å². The Bertz CT molecular complexity index is 748. The van der Waals surface area contributed by atoms with Crippen LogP contribution < -0.4 is 5.32 Å². The van der Waals surface area contributed by atoms with E-state index in [1.54, 1.807) is 24.3 Å². The highest BCUT2D eigenvalue weighted by molar-refractivity contribution is 7.91. The van der Waals surface area contributed by atoms with Crippen LogP contribution in [-0.4, -0.2) is 75.7 Å². The summed E-state index contributed by atoms with van der Waals surface area (Å²) in [6, 6.07) is 8.34. The summed E-state index contributed by atoms with van der Waals surface area (Å²) in [6.45, 7) is 8.89. The molecule has 0 aliphatic carbocycles. The van der Waals surface area contributed by atoms with Gasteiger partial charge < -0.3 is 15.1 Å². The molecule has 148 valence electrons. The van der Waals surface area contributed by atoms with E-state index < -0.39 is 21.5 Å². The maximum Gasteiger partial charge on any atom is 0.235 e. The number of hydrogen-bond donors (Lipinski definition) is 1. The predicted molar refractivity (Wildman–Crippen MR) is 105 cm³/mol. The minimum Gasteiger partial charge on any atom is -0.355 e. The fourth-order valence-electron chi connectivity index (χ4n) is 3.09. The molecule has 1 aromatic rings. The summed E-state index contributed by atoms with van der Waals surface area (Å²) < 4.78 is 24.3. The van der Waals surface area contributed by atoms with Crippen molar-refractivity contribution < 1.29 is 13.2 Å². The highest BCUT2D eigenvalue weighted by atomic mass is 32.2. The van der Waals surface area contributed by atoms with Gasteiger partial charge in [-0.2, -0.15) is 5.26 Å². The van der Waals surface area contributed by atoms with Crippen LogP contribution in [0.5, 0.6) is 0 Å². The van der Waals surface area contributed by atoms with E-state index in [0.717, 1.165) is 45.7 Å². The van der Waals surface area contributed by atoms with Gasteiger partial charge in [-0.05, 0) is 37.2 Å². The number of nitrogens with zero attached hydrogens (tertiary/aromatic N) is 3. The Kier molecular flexibility index (Phi) is 8.23. The lowest BCUT2D eigenvalue weighted by Crippen LogP contribution is -2.46. The maximum absolute atomic E-state index is 12.2. The lowest BCUT2D eigenvalue weighted by molar-refractivity contribution is -0.118. The molecule has 1 aromatic carbocycles. The first-order valence-corrected chi connectivity index (χ1v) is 11.1. The molecular formula is C19H28N4O3S. The second kappa shape index (κ2) is 10.4. The van der Waals surface area contributed by atoms with Crippen molar-refractivity contribution in [1.82, 2.24) is 15.1 Å². The number of carbonyl (C=O) groups is 1. The molecule has 1 aliphatic heterocycles. The van der Waals surface area contributed by atoms with Gasteiger partial charge in [-0.25, -0.2) is 8.42 Å². The van der Waals surface area contributed by atoms with Crippen LogP contribution in [0.4, 0.5) is 0 Å². The van der Waals surface area contributed by atoms with E-state index >= 15 is 0 Å². The Hall–Kier alpha value is -1.95. The second-order valence-corrected chi connectivity index (χ2v) is 8.88. The molecule has 0 bridgehead atoms. The Labute approximate surface area is 161 Å². The number of likely N-dealkylation sites (N-methyl/N-ethyl adjacent to an activating group) is 1. The maximum atomic E-state index is 12.2. The van der Waals surface area contributed by atoms with Gasteiger partial charge in [0.05, 0.1) is 17.4 Å². The van der Waals surface area contributed by atoms with Crippen molar-refractivity contribution in [3.05, 3.63) is 35.4 Å². The number of rotatable bonds is 9. The third-order valence-corrected chi connectivity index (χ3v) is 6.18. The highest BCUT2D eigenvalue weighted by Crippen LogP contribution is 2.08. The van der Waals surface area contributed by atoms with Crippen LogP contribution in [0.15, 0.2) is 24.3 Å². The van der Waals surface area contributed by atoms with Crippen LogP contribution in [0, 0.1) is 11.3 Å². The van der Waals surface area contributed by atoms with Gasteiger partial charge >= 0.3 is 0 Å². The zero-order valence-electron chi connectivity index (χ0n) is 15.9. The number of nitriles is 1. The molecule has 1 aliphatic rings. The summed E-state index contributed by atoms with van der Waals surface area (Å²) in [4.78, 5) is 16.7. The monoisotopic (exact) mass is 392 g/mol. The van der Waals surface area contributed by atoms with E-state index in [0.29, 0.717) is 17.7 Å². The van der Waals surface area contributed by atoms with Crippen molar-refractivity contribution in [2.75, 3.05) is 51.6 Å². The van der Waals surface area contributed by atoms with Gasteiger partial charge in [0.25, 0.3) is 0 Å². The normalized spacial score (nSPS) is 16.0. The Balaban J connectivity index is 1.66. The molecular weight excluding hydrogens is 364 g/mol. The van der Waals surface area contributed by atoms with Crippen LogP contribution in [-0.2, 0) is 20.4 Å². The predicted octanol–water partition coefficient (Wildman–Crippen LogP) is 0.617. The number of piperazine rings is 1. The minimum absolute atomic E-state index is 0.201. The fourth-order valence-corrected chi connectivity index (χ4v) is 4.39. The molecule has 0 radical (unpaired) electrons. The third kappa shape index (κ3) is 7.67. The first-order chi connectivity index (χ1) is 12.9. The Morgan fingerprint density at radius 2 is 1.78 bits per heavy atom. The molecule has 0 spiro atoms. The summed E-state index contributed by atoms with van der Waals surface area (Å²) in [6.07, 6.45) is 0.813. The molecule has 2 rings (SSSR count). The SMILES string of the molecule is CCN1CCN(CCCNC(=O)CS(=O)(=O)Cc2ccc(C#N)cc2)CC1. The van der Waals surface area contributed by atoms with Gasteiger partial charge in [-0.1, -0.05) is 19.1 Å². The van der Waals surface area contributed by atoms with Crippen molar-refractivity contribution >= 4 is 15.7 Å². The van der Waals surface area contributed by atoms with E-state index in [2.05, 4.69) is 22.0 Å². The molecule has 1 amide bonds. The highest BCUT2D eigenvalue weighted by Gasteiger charge is 2.18. The number of nitrogens with one attached hydrogen (secondary N) is 1. The van der Waals surface area contributed by atoms with Crippen LogP contribution in [0.3, 0.4) is 0 Å². The van der Waals surface area contributed by atoms with Crippen LogP contribution in [0.25, 0.3) is 0 Å². The zero-order valence-corrected chi connectivity index (χ0v) is 16.7. The summed E-state index contributed by atoms with van der Waals surface area (Å²) in [5.41, 5.74) is 1.05. The summed E-state index contributed by atoms with van der Waals surface area (Å²) >= 11 is 0. The standard InChI is InChI=1S/C19H28N4O3S/c1-2-22-10-12-23(13-11-22)9-3-8-21-19(24)16-27(25,26)15-18-6-4-17(14-20)5-7-18/h4-7H,2-3,8-13,15-16H2,1H3,(H,21,24). The van der Waals surface area contributed by atoms with Crippen LogP contribution in [0.2, 0.25) is 0 Å². The van der Waals surface area contributed by atoms with E-state index in [9.17, 15) is 13.2 Å². The lowest BCUT2D eigenvalue weighted by atomic mass is 10.2. The molecule has 1 saturated heterocycles. The lowest BCUT2D eigenvalue weighted by Gasteiger charge is -2.33. The number of amides is 1. The molecule has 0 aromatic heterocycles. The molecule has 27 heavy (non-hydrogen) atoms. The van der Waals surface area contributed by atoms with Gasteiger partial charge in [0, 0.05) is 32.7 Å². The number of hydrogen-bond acceptors (Lipinski definition) is 6. The van der Waals surface area contributed by atoms with Gasteiger partial charge in [0.1, 0.15) is 5.75 Å². The van der Waals surface area contributed by atoms with Gasteiger partial charge in [-0.15, -0.1) is 0 Å². The second-order valence-electron chi connectivity index (χ2n) is 6.82. The zero-order chi connectivity index (χ0) is 19.7. The van der Waals surface area contributed by atoms with Crippen molar-refractivity contribution in [2.45, 2.75) is 19.1 Å². The number of carbonyl (C=O) groups excluding carboxylic acids is 1. The first kappa shape index (κ1) is 21.4. The number of benzene rings is 1. The molecule has 0 saturated carbocycles. The van der Waals surface area contributed by atoms with Gasteiger partial charge in [-0.3, -0.25) is 4.79 Å². The first-order valence-electron chi connectivity index (χ1n) is 9.32. The average molecular weight is 393 g/mol. The molecule has 8 heteroatoms. The Morgan fingerprint density at radius 3 is 2.37 bits per heavy atom. The molecule has 1 N–H and O–H groups in total. The molecule has 0 unspecified atom stereocenters. The van der Waals surface area contributed by atoms with Gasteiger partial charge in [0.15, 0.2) is 9.84 Å². The fraction of sp³-hybridized carbons (Fsp3) is 0.579. The molecule has 0 atom stereocenters. The average Bonchev–Trinajstić information content (AvgIpc) is 2.65. The largest absolute Gasteiger partial charge is 0.355 e. The summed E-state index contributed by atoms with van der Waals surface area (Å²) in [7, 11) is -3.53. The van der Waals surface area contributed by atoms with Crippen molar-refractivity contribution in [3.63, 3.8) is 0 Å². The topological polar surface area (TPSA) is 93.5 Å². The van der Waals surface area contributed by atoms with Crippen molar-refractivity contribution in [3.8, 4) is 6.07 Å². The third-order valence-electron chi connectivity index (χ3n) is 4.71. The van der Waals surface area contributed by atoms with Crippen molar-refractivity contribution in [1.29, 1.82) is 5.26 Å². The summed E-state index contributed by atoms with van der Waals surface area (Å²) in [5.74, 6) is -1.17. The molecule has 1 heterocycles. The van der Waals surface area contributed by atoms with Crippen LogP contribution in [0.1, 0.15) is 24.5 Å². The quantitative estimate of drug-likeness (QED) is 0.619. The van der Waals surface area contributed by atoms with E-state index in [1.165, 1.54) is 0 Å². The minimum atomic E-state index is -3.53. The van der Waals surface area contributed by atoms with Crippen molar-refractivity contribution in [2.24, 2.45) is 0 Å². The molecule has 7 nitrogen and oxygen atoms in total. The number of sulfone groups is 1. The van der Waals surface area contributed by atoms with E-state index in [1.807, 2.05) is 6.07 Å². The van der Waals surface area contributed by atoms with Crippen LogP contribution >= 0.6 is 0 Å². The summed E-state index contributed by atoms with van der Waals surface area (Å²) in [5, 5.41) is 11.5. The Morgan fingerprint density at radius 1 is 1.15 bits per heavy atom. The van der Waals surface area contributed by atoms with E-state index in [-0.39, 0.29) is 5.75 Å². The smallest absolute Gasteiger partial charge is 0.235 e. The molecule has 1 fully saturated rings.